The summed E-state index contributed by atoms with van der Waals surface area (Å²) in [6.07, 6.45) is 7.83. The summed E-state index contributed by atoms with van der Waals surface area (Å²) < 4.78 is 0. The number of aromatic nitrogens is 3. The smallest absolute Gasteiger partial charge is 0.274 e. The molecule has 0 aliphatic rings. The Labute approximate surface area is 209 Å². The molecule has 0 bridgehead atoms. The lowest BCUT2D eigenvalue weighted by atomic mass is 10.1. The number of carbonyl (C=O) groups is 1. The molecule has 0 unspecified atom stereocenters. The Morgan fingerprint density at radius 2 is 1.56 bits per heavy atom. The molecule has 2 aromatic carbocycles. The Morgan fingerprint density at radius 1 is 0.806 bits per heavy atom. The fourth-order valence-corrected chi connectivity index (χ4v) is 3.92. The zero-order chi connectivity index (χ0) is 24.9. The third-order valence-electron chi connectivity index (χ3n) is 5.89. The van der Waals surface area contributed by atoms with Gasteiger partial charge in [0.1, 0.15) is 5.69 Å². The third kappa shape index (κ3) is 5.31. The summed E-state index contributed by atoms with van der Waals surface area (Å²) in [6, 6.07) is 23.5. The molecular weight excluding hydrogens is 448 g/mol. The Balaban J connectivity index is 1.25. The van der Waals surface area contributed by atoms with Gasteiger partial charge < -0.3 is 15.5 Å². The monoisotopic (exact) mass is 474 g/mol. The number of hydrogen-bond acceptors (Lipinski definition) is 6. The molecule has 0 aliphatic heterocycles. The molecule has 0 aliphatic carbocycles. The van der Waals surface area contributed by atoms with Crippen LogP contribution in [0.1, 0.15) is 21.6 Å². The van der Waals surface area contributed by atoms with Crippen molar-refractivity contribution in [2.75, 3.05) is 29.6 Å². The van der Waals surface area contributed by atoms with E-state index in [2.05, 4.69) is 36.6 Å². The SMILES string of the molecule is CN(C)c1ccc2nccc(Nc3ccc(C(=O)Nc4ccc(Cc5ccncc5)cc4)nc3)c2c1. The van der Waals surface area contributed by atoms with Crippen LogP contribution in [-0.4, -0.2) is 35.0 Å². The summed E-state index contributed by atoms with van der Waals surface area (Å²) in [6.45, 7) is 0. The molecule has 0 saturated carbocycles. The number of nitrogens with one attached hydrogen (secondary N) is 2. The normalized spacial score (nSPS) is 10.7. The van der Waals surface area contributed by atoms with E-state index in [0.717, 1.165) is 45.6 Å². The Bertz CT molecular complexity index is 1480. The molecule has 2 N–H and O–H groups in total. The molecule has 5 aromatic rings. The van der Waals surface area contributed by atoms with Gasteiger partial charge in [0.05, 0.1) is 17.4 Å². The zero-order valence-corrected chi connectivity index (χ0v) is 20.1. The largest absolute Gasteiger partial charge is 0.378 e. The number of hydrogen-bond donors (Lipinski definition) is 2. The third-order valence-corrected chi connectivity index (χ3v) is 5.89. The fraction of sp³-hybridized carbons (Fsp3) is 0.103. The molecule has 0 atom stereocenters. The van der Waals surface area contributed by atoms with Crippen LogP contribution in [0.4, 0.5) is 22.7 Å². The first kappa shape index (κ1) is 23.0. The van der Waals surface area contributed by atoms with E-state index in [1.54, 1.807) is 30.9 Å². The van der Waals surface area contributed by atoms with Crippen LogP contribution in [0.15, 0.2) is 97.6 Å². The van der Waals surface area contributed by atoms with Crippen LogP contribution in [-0.2, 0) is 6.42 Å². The van der Waals surface area contributed by atoms with Gasteiger partial charge in [0, 0.05) is 55.1 Å². The van der Waals surface area contributed by atoms with Crippen molar-refractivity contribution in [2.45, 2.75) is 6.42 Å². The van der Waals surface area contributed by atoms with Gasteiger partial charge in [0.25, 0.3) is 5.91 Å². The van der Waals surface area contributed by atoms with Crippen molar-refractivity contribution in [1.82, 2.24) is 15.0 Å². The van der Waals surface area contributed by atoms with Gasteiger partial charge in [0.15, 0.2) is 0 Å². The summed E-state index contributed by atoms with van der Waals surface area (Å²) in [5.74, 6) is -0.256. The van der Waals surface area contributed by atoms with Crippen molar-refractivity contribution in [3.63, 3.8) is 0 Å². The van der Waals surface area contributed by atoms with E-state index in [4.69, 9.17) is 0 Å². The van der Waals surface area contributed by atoms with Gasteiger partial charge in [-0.2, -0.15) is 0 Å². The number of pyridine rings is 3. The minimum atomic E-state index is -0.256. The fourth-order valence-electron chi connectivity index (χ4n) is 3.92. The number of amides is 1. The summed E-state index contributed by atoms with van der Waals surface area (Å²) in [5, 5.41) is 7.33. The first-order chi connectivity index (χ1) is 17.5. The highest BCUT2D eigenvalue weighted by atomic mass is 16.1. The van der Waals surface area contributed by atoms with Crippen molar-refractivity contribution >= 4 is 39.6 Å². The average Bonchev–Trinajstić information content (AvgIpc) is 2.91. The van der Waals surface area contributed by atoms with Crippen LogP contribution in [0.3, 0.4) is 0 Å². The van der Waals surface area contributed by atoms with E-state index < -0.39 is 0 Å². The first-order valence-electron chi connectivity index (χ1n) is 11.6. The quantitative estimate of drug-likeness (QED) is 0.316. The van der Waals surface area contributed by atoms with E-state index in [9.17, 15) is 4.79 Å². The highest BCUT2D eigenvalue weighted by molar-refractivity contribution is 6.03. The zero-order valence-electron chi connectivity index (χ0n) is 20.1. The topological polar surface area (TPSA) is 83.0 Å². The molecule has 3 aromatic heterocycles. The molecule has 3 heterocycles. The average molecular weight is 475 g/mol. The Morgan fingerprint density at radius 3 is 2.28 bits per heavy atom. The maximum Gasteiger partial charge on any atom is 0.274 e. The van der Waals surface area contributed by atoms with Gasteiger partial charge in [-0.1, -0.05) is 12.1 Å². The second-order valence-corrected chi connectivity index (χ2v) is 8.69. The molecule has 178 valence electrons. The highest BCUT2D eigenvalue weighted by Gasteiger charge is 2.10. The van der Waals surface area contributed by atoms with Crippen LogP contribution in [0.2, 0.25) is 0 Å². The van der Waals surface area contributed by atoms with Crippen molar-refractivity contribution < 1.29 is 4.79 Å². The summed E-state index contributed by atoms with van der Waals surface area (Å²) >= 11 is 0. The molecule has 0 radical (unpaired) electrons. The molecule has 0 spiro atoms. The Hall–Kier alpha value is -4.78. The maximum atomic E-state index is 12.7. The van der Waals surface area contributed by atoms with Crippen molar-refractivity contribution in [1.29, 1.82) is 0 Å². The van der Waals surface area contributed by atoms with E-state index in [-0.39, 0.29) is 5.91 Å². The van der Waals surface area contributed by atoms with Gasteiger partial charge in [0.2, 0.25) is 0 Å². The van der Waals surface area contributed by atoms with Crippen LogP contribution in [0.25, 0.3) is 10.9 Å². The van der Waals surface area contributed by atoms with E-state index in [1.807, 2.05) is 74.8 Å². The van der Waals surface area contributed by atoms with Crippen LogP contribution in [0, 0.1) is 0 Å². The lowest BCUT2D eigenvalue weighted by Gasteiger charge is -2.15. The minimum Gasteiger partial charge on any atom is -0.378 e. The predicted molar refractivity (Wildman–Crippen MR) is 145 cm³/mol. The maximum absolute atomic E-state index is 12.7. The highest BCUT2D eigenvalue weighted by Crippen LogP contribution is 2.28. The standard InChI is InChI=1S/C29H26N6O/c1-35(2)24-8-10-26-25(18-24)27(13-16-31-26)33-23-7-9-28(32-19-23)29(36)34-22-5-3-20(4-6-22)17-21-11-14-30-15-12-21/h3-16,18-19H,17H2,1-2H3,(H,31,33)(H,34,36). The van der Waals surface area contributed by atoms with Crippen LogP contribution < -0.4 is 15.5 Å². The van der Waals surface area contributed by atoms with Crippen molar-refractivity contribution in [2.24, 2.45) is 0 Å². The lowest BCUT2D eigenvalue weighted by Crippen LogP contribution is -2.13. The van der Waals surface area contributed by atoms with E-state index in [1.165, 1.54) is 5.56 Å². The molecule has 7 heteroatoms. The molecule has 0 fully saturated rings. The number of fused-ring (bicyclic) bond motifs is 1. The van der Waals surface area contributed by atoms with Crippen molar-refractivity contribution in [3.05, 3.63) is 114 Å². The molecular formula is C29H26N6O. The van der Waals surface area contributed by atoms with Crippen molar-refractivity contribution in [3.8, 4) is 0 Å². The number of nitrogens with zero attached hydrogens (tertiary/aromatic N) is 4. The number of rotatable bonds is 7. The molecule has 0 saturated heterocycles. The van der Waals surface area contributed by atoms with Gasteiger partial charge in [-0.05, 0) is 78.2 Å². The van der Waals surface area contributed by atoms with Crippen LogP contribution in [0.5, 0.6) is 0 Å². The molecule has 5 rings (SSSR count). The Kier molecular flexibility index (Phi) is 6.53. The summed E-state index contributed by atoms with van der Waals surface area (Å²) in [4.78, 5) is 27.6. The number of benzene rings is 2. The second kappa shape index (κ2) is 10.2. The van der Waals surface area contributed by atoms with Gasteiger partial charge in [-0.3, -0.25) is 14.8 Å². The summed E-state index contributed by atoms with van der Waals surface area (Å²) in [5.41, 5.74) is 7.13. The van der Waals surface area contributed by atoms with Crippen LogP contribution >= 0.6 is 0 Å². The van der Waals surface area contributed by atoms with E-state index in [0.29, 0.717) is 5.69 Å². The number of anilines is 4. The second-order valence-electron chi connectivity index (χ2n) is 8.69. The number of carbonyl (C=O) groups excluding carboxylic acids is 1. The van der Waals surface area contributed by atoms with Gasteiger partial charge in [-0.25, -0.2) is 4.98 Å². The van der Waals surface area contributed by atoms with E-state index >= 15 is 0 Å². The van der Waals surface area contributed by atoms with Gasteiger partial charge >= 0.3 is 0 Å². The molecule has 36 heavy (non-hydrogen) atoms. The van der Waals surface area contributed by atoms with Gasteiger partial charge in [-0.15, -0.1) is 0 Å². The predicted octanol–water partition coefficient (Wildman–Crippen LogP) is 5.68. The minimum absolute atomic E-state index is 0.256. The first-order valence-corrected chi connectivity index (χ1v) is 11.6. The lowest BCUT2D eigenvalue weighted by molar-refractivity contribution is 0.102. The molecule has 1 amide bonds. The molecule has 7 nitrogen and oxygen atoms in total. The summed E-state index contributed by atoms with van der Waals surface area (Å²) in [7, 11) is 4.02.